The maximum absolute atomic E-state index is 12.5. The van der Waals surface area contributed by atoms with Crippen molar-refractivity contribution in [2.45, 2.75) is 87.6 Å². The quantitative estimate of drug-likeness (QED) is 0.0419. The molecule has 3 atom stereocenters. The normalized spacial score (nSPS) is 26.3. The number of aliphatic carboxylic acids is 4. The standard InChI is InChI=1S/C36H61N9O10S2/c46-29(5-2-1-4-28-34-27(23-57-28)38-35(55)39-34)40-41-36(56)37-26-8-6-24(7-9-26)16-25-17-44(21-32(51)52)14-12-42(19-30(47)48)10-3-11-43(20-31(49)50)13-15-45(18-25)22-33(53)54/h24-28,34H,1-23H2,(H,40,46)(H,47,48)(H,49,50)(H,51,52)(H,53,54)(H2,37,41,56)(H2,38,39,55). The van der Waals surface area contributed by atoms with Gasteiger partial charge in [0, 0.05) is 75.8 Å². The molecule has 0 radical (unpaired) electrons. The second kappa shape index (κ2) is 23.8. The molecule has 0 aromatic heterocycles. The third-order valence-corrected chi connectivity index (χ3v) is 12.9. The summed E-state index contributed by atoms with van der Waals surface area (Å²) in [6.07, 6.45) is 7.46. The van der Waals surface area contributed by atoms with Gasteiger partial charge in [0.05, 0.1) is 38.3 Å². The van der Waals surface area contributed by atoms with Gasteiger partial charge in [-0.1, -0.05) is 6.42 Å². The van der Waals surface area contributed by atoms with E-state index in [4.69, 9.17) is 12.2 Å². The molecule has 3 aliphatic heterocycles. The number of amides is 3. The van der Waals surface area contributed by atoms with Crippen LogP contribution in [-0.2, 0) is 24.0 Å². The van der Waals surface area contributed by atoms with Crippen molar-refractivity contribution >= 4 is 64.9 Å². The third kappa shape index (κ3) is 17.5. The Morgan fingerprint density at radius 2 is 1.25 bits per heavy atom. The number of carbonyl (C=O) groups excluding carboxylic acids is 2. The van der Waals surface area contributed by atoms with Gasteiger partial charge >= 0.3 is 29.9 Å². The molecule has 9 N–H and O–H groups in total. The van der Waals surface area contributed by atoms with E-state index < -0.39 is 23.9 Å². The minimum absolute atomic E-state index is 0.0907. The minimum Gasteiger partial charge on any atom is -0.480 e. The van der Waals surface area contributed by atoms with E-state index in [1.165, 1.54) is 0 Å². The highest BCUT2D eigenvalue weighted by Gasteiger charge is 2.42. The molecule has 4 aliphatic rings. The fourth-order valence-electron chi connectivity index (χ4n) is 8.49. The van der Waals surface area contributed by atoms with Gasteiger partial charge in [-0.25, -0.2) is 4.79 Å². The zero-order valence-electron chi connectivity index (χ0n) is 32.6. The van der Waals surface area contributed by atoms with Crippen molar-refractivity contribution < 1.29 is 49.2 Å². The molecule has 21 heteroatoms. The number of unbranched alkanes of at least 4 members (excludes halogenated alkanes) is 1. The zero-order valence-corrected chi connectivity index (χ0v) is 34.2. The van der Waals surface area contributed by atoms with E-state index in [0.717, 1.165) is 57.1 Å². The summed E-state index contributed by atoms with van der Waals surface area (Å²) < 4.78 is 0. The van der Waals surface area contributed by atoms with Crippen LogP contribution in [0.1, 0.15) is 64.2 Å². The van der Waals surface area contributed by atoms with Crippen LogP contribution in [0.25, 0.3) is 0 Å². The average Bonchev–Trinajstić information content (AvgIpc) is 3.68. The van der Waals surface area contributed by atoms with Gasteiger partial charge in [0.1, 0.15) is 0 Å². The lowest BCUT2D eigenvalue weighted by Crippen LogP contribution is -2.50. The van der Waals surface area contributed by atoms with Gasteiger partial charge in [0.2, 0.25) is 5.91 Å². The molecule has 57 heavy (non-hydrogen) atoms. The van der Waals surface area contributed by atoms with E-state index in [1.807, 2.05) is 21.6 Å². The molecule has 4 fully saturated rings. The van der Waals surface area contributed by atoms with Gasteiger partial charge in [-0.3, -0.25) is 54.4 Å². The number of carbonyl (C=O) groups is 6. The van der Waals surface area contributed by atoms with Crippen LogP contribution >= 0.6 is 24.0 Å². The largest absolute Gasteiger partial charge is 0.480 e. The number of carboxylic acid groups (broad SMARTS) is 4. The van der Waals surface area contributed by atoms with Crippen LogP contribution in [0.3, 0.4) is 0 Å². The van der Waals surface area contributed by atoms with Gasteiger partial charge in [0.25, 0.3) is 0 Å². The number of nitrogens with one attached hydrogen (secondary N) is 5. The zero-order chi connectivity index (χ0) is 41.3. The Kier molecular flexibility index (Phi) is 19.3. The molecule has 0 bridgehead atoms. The molecule has 322 valence electrons. The maximum atomic E-state index is 12.5. The maximum Gasteiger partial charge on any atom is 0.317 e. The van der Waals surface area contributed by atoms with Crippen molar-refractivity contribution in [1.29, 1.82) is 0 Å². The van der Waals surface area contributed by atoms with E-state index >= 15 is 0 Å². The number of hydrazine groups is 1. The smallest absolute Gasteiger partial charge is 0.317 e. The second-order valence-corrected chi connectivity index (χ2v) is 17.5. The predicted octanol–water partition coefficient (Wildman–Crippen LogP) is -0.277. The summed E-state index contributed by atoms with van der Waals surface area (Å²) in [5.41, 5.74) is 5.49. The van der Waals surface area contributed by atoms with Crippen LogP contribution in [-0.4, -0.2) is 189 Å². The van der Waals surface area contributed by atoms with Gasteiger partial charge in [0.15, 0.2) is 5.11 Å². The molecule has 0 aromatic carbocycles. The number of fused-ring (bicyclic) bond motifs is 1. The highest BCUT2D eigenvalue weighted by atomic mass is 32.2. The first-order valence-electron chi connectivity index (χ1n) is 20.0. The topological polar surface area (TPSA) is 256 Å². The molecule has 0 spiro atoms. The Labute approximate surface area is 343 Å². The van der Waals surface area contributed by atoms with Gasteiger partial charge in [-0.2, -0.15) is 11.8 Å². The Morgan fingerprint density at radius 1 is 0.702 bits per heavy atom. The molecule has 0 aromatic rings. The molecule has 1 aliphatic carbocycles. The fraction of sp³-hybridized carbons (Fsp3) is 0.806. The number of urea groups is 1. The lowest BCUT2D eigenvalue weighted by molar-refractivity contribution is -0.141. The highest BCUT2D eigenvalue weighted by molar-refractivity contribution is 8.00. The molecule has 3 amide bonds. The van der Waals surface area contributed by atoms with Crippen molar-refractivity contribution in [3.63, 3.8) is 0 Å². The number of thiocarbonyl (C=S) groups is 1. The Balaban J connectivity index is 1.27. The van der Waals surface area contributed by atoms with E-state index in [-0.39, 0.29) is 68.1 Å². The molecule has 3 saturated heterocycles. The van der Waals surface area contributed by atoms with Crippen molar-refractivity contribution in [2.75, 3.05) is 84.3 Å². The lowest BCUT2D eigenvalue weighted by atomic mass is 9.80. The van der Waals surface area contributed by atoms with Gasteiger partial charge in [-0.15, -0.1) is 0 Å². The molecular weight excluding hydrogens is 783 g/mol. The van der Waals surface area contributed by atoms with Crippen molar-refractivity contribution in [1.82, 2.24) is 46.4 Å². The number of carboxylic acids is 4. The SMILES string of the molecule is O=C(O)CN1CCCN(CC(=O)O)CCN(CC(=O)O)CC(CC2CCC(NC(=S)NNC(=O)CCCCC3SCC4NC(=O)NC43)CC2)CN(CC(=O)O)CC1. The fourth-order valence-corrected chi connectivity index (χ4v) is 10.3. The first kappa shape index (κ1) is 46.2. The summed E-state index contributed by atoms with van der Waals surface area (Å²) in [4.78, 5) is 78.3. The summed E-state index contributed by atoms with van der Waals surface area (Å²) in [6.45, 7) is 1.86. The van der Waals surface area contributed by atoms with Crippen molar-refractivity contribution in [3.05, 3.63) is 0 Å². The molecule has 3 unspecified atom stereocenters. The molecule has 1 saturated carbocycles. The predicted molar refractivity (Wildman–Crippen MR) is 216 cm³/mol. The lowest BCUT2D eigenvalue weighted by Gasteiger charge is -2.36. The van der Waals surface area contributed by atoms with E-state index in [0.29, 0.717) is 75.6 Å². The summed E-state index contributed by atoms with van der Waals surface area (Å²) in [7, 11) is 0. The minimum atomic E-state index is -1.01. The van der Waals surface area contributed by atoms with Crippen LogP contribution in [0.4, 0.5) is 4.79 Å². The highest BCUT2D eigenvalue weighted by Crippen LogP contribution is 2.33. The third-order valence-electron chi connectivity index (χ3n) is 11.1. The number of rotatable bonds is 16. The van der Waals surface area contributed by atoms with Crippen LogP contribution < -0.4 is 26.8 Å². The van der Waals surface area contributed by atoms with Gasteiger partial charge < -0.3 is 36.4 Å². The van der Waals surface area contributed by atoms with Crippen LogP contribution in [0.15, 0.2) is 0 Å². The second-order valence-electron chi connectivity index (χ2n) is 15.8. The number of thioether (sulfide) groups is 1. The first-order chi connectivity index (χ1) is 27.2. The Morgan fingerprint density at radius 3 is 1.81 bits per heavy atom. The summed E-state index contributed by atoms with van der Waals surface area (Å²) in [5.74, 6) is -3.09. The molecule has 19 nitrogen and oxygen atoms in total. The van der Waals surface area contributed by atoms with Crippen LogP contribution in [0, 0.1) is 11.8 Å². The van der Waals surface area contributed by atoms with E-state index in [1.54, 1.807) is 9.80 Å². The Bertz CT molecular complexity index is 1340. The van der Waals surface area contributed by atoms with Gasteiger partial charge in [-0.05, 0) is 75.4 Å². The average molecular weight is 844 g/mol. The number of nitrogens with zero attached hydrogens (tertiary/aromatic N) is 4. The van der Waals surface area contributed by atoms with Crippen LogP contribution in [0.2, 0.25) is 0 Å². The molecule has 3 heterocycles. The molecular formula is C36H61N9O10S2. The first-order valence-corrected chi connectivity index (χ1v) is 21.5. The summed E-state index contributed by atoms with van der Waals surface area (Å²) >= 11 is 7.32. The van der Waals surface area contributed by atoms with E-state index in [2.05, 4.69) is 26.8 Å². The van der Waals surface area contributed by atoms with Crippen LogP contribution in [0.5, 0.6) is 0 Å². The Hall–Kier alpha value is -3.50. The van der Waals surface area contributed by atoms with Crippen molar-refractivity contribution in [3.8, 4) is 0 Å². The van der Waals surface area contributed by atoms with Crippen molar-refractivity contribution in [2.24, 2.45) is 11.8 Å². The monoisotopic (exact) mass is 843 g/mol. The summed E-state index contributed by atoms with van der Waals surface area (Å²) in [6, 6.07) is 0.322. The van der Waals surface area contributed by atoms with E-state index in [9.17, 15) is 49.2 Å². The number of hydrogen-bond donors (Lipinski definition) is 9. The number of hydrogen-bond acceptors (Lipinski definition) is 12. The summed E-state index contributed by atoms with van der Waals surface area (Å²) in [5, 5.41) is 48.5. The molecule has 4 rings (SSSR count).